The van der Waals surface area contributed by atoms with Crippen molar-refractivity contribution in [3.05, 3.63) is 33.3 Å². The Labute approximate surface area is 119 Å². The molecular formula is C10H11ClN2O4S2. The van der Waals surface area contributed by atoms with Gasteiger partial charge in [-0.1, -0.05) is 11.6 Å². The first-order valence-electron chi connectivity index (χ1n) is 5.44. The summed E-state index contributed by atoms with van der Waals surface area (Å²) in [5, 5.41) is 10.7. The van der Waals surface area contributed by atoms with Crippen LogP contribution in [0.25, 0.3) is 0 Å². The Kier molecular flexibility index (Phi) is 4.34. The van der Waals surface area contributed by atoms with Crippen LogP contribution in [0.4, 0.5) is 5.69 Å². The molecule has 104 valence electrons. The van der Waals surface area contributed by atoms with Gasteiger partial charge in [-0.25, -0.2) is 13.1 Å². The normalized spacial score (nSPS) is 19.5. The Hall–Kier alpha value is -0.830. The van der Waals surface area contributed by atoms with Crippen molar-refractivity contribution < 1.29 is 13.3 Å². The zero-order valence-corrected chi connectivity index (χ0v) is 12.1. The van der Waals surface area contributed by atoms with Crippen molar-refractivity contribution in [2.45, 2.75) is 17.4 Å². The van der Waals surface area contributed by atoms with E-state index >= 15 is 0 Å². The van der Waals surface area contributed by atoms with Crippen molar-refractivity contribution in [1.29, 1.82) is 0 Å². The van der Waals surface area contributed by atoms with Crippen LogP contribution < -0.4 is 4.72 Å². The van der Waals surface area contributed by atoms with Gasteiger partial charge in [0.25, 0.3) is 5.69 Å². The van der Waals surface area contributed by atoms with E-state index in [1.165, 1.54) is 12.1 Å². The number of hydrogen-bond donors (Lipinski definition) is 1. The van der Waals surface area contributed by atoms with Gasteiger partial charge in [-0.05, 0) is 18.2 Å². The van der Waals surface area contributed by atoms with Crippen LogP contribution in [0.15, 0.2) is 23.1 Å². The first-order valence-corrected chi connectivity index (χ1v) is 8.46. The predicted molar refractivity (Wildman–Crippen MR) is 74.2 cm³/mol. The minimum atomic E-state index is -3.83. The third kappa shape index (κ3) is 3.38. The minimum absolute atomic E-state index is 0.0243. The lowest BCUT2D eigenvalue weighted by Crippen LogP contribution is -2.34. The molecule has 0 amide bonds. The number of nitrogens with one attached hydrogen (secondary N) is 1. The molecule has 2 rings (SSSR count). The summed E-state index contributed by atoms with van der Waals surface area (Å²) < 4.78 is 26.8. The molecule has 1 unspecified atom stereocenters. The lowest BCUT2D eigenvalue weighted by molar-refractivity contribution is -0.385. The van der Waals surface area contributed by atoms with Crippen molar-refractivity contribution in [3.8, 4) is 0 Å². The summed E-state index contributed by atoms with van der Waals surface area (Å²) in [5.74, 6) is 1.60. The Morgan fingerprint density at radius 1 is 1.47 bits per heavy atom. The fraction of sp³-hybridized carbons (Fsp3) is 0.400. The molecule has 0 aliphatic carbocycles. The van der Waals surface area contributed by atoms with Crippen LogP contribution in [0.2, 0.25) is 5.02 Å². The molecule has 1 saturated heterocycles. The van der Waals surface area contributed by atoms with Crippen LogP contribution in [0.3, 0.4) is 0 Å². The molecule has 6 nitrogen and oxygen atoms in total. The van der Waals surface area contributed by atoms with E-state index < -0.39 is 14.9 Å². The van der Waals surface area contributed by atoms with Gasteiger partial charge in [0.2, 0.25) is 10.0 Å². The van der Waals surface area contributed by atoms with E-state index in [1.807, 2.05) is 0 Å². The topological polar surface area (TPSA) is 89.3 Å². The molecule has 0 aromatic heterocycles. The number of thioether (sulfide) groups is 1. The van der Waals surface area contributed by atoms with Crippen molar-refractivity contribution in [2.75, 3.05) is 11.5 Å². The monoisotopic (exact) mass is 322 g/mol. The number of nitro benzene ring substituents is 1. The Morgan fingerprint density at radius 2 is 2.21 bits per heavy atom. The lowest BCUT2D eigenvalue weighted by atomic mass is 10.3. The van der Waals surface area contributed by atoms with Crippen molar-refractivity contribution >= 4 is 39.1 Å². The van der Waals surface area contributed by atoms with E-state index in [0.717, 1.165) is 18.2 Å². The van der Waals surface area contributed by atoms with E-state index in [4.69, 9.17) is 11.6 Å². The lowest BCUT2D eigenvalue weighted by Gasteiger charge is -2.12. The van der Waals surface area contributed by atoms with Gasteiger partial charge in [0.05, 0.1) is 9.95 Å². The third-order valence-corrected chi connectivity index (χ3v) is 5.83. The quantitative estimate of drug-likeness (QED) is 0.676. The van der Waals surface area contributed by atoms with E-state index in [-0.39, 0.29) is 21.6 Å². The molecule has 0 bridgehead atoms. The van der Waals surface area contributed by atoms with Crippen molar-refractivity contribution in [3.63, 3.8) is 0 Å². The minimum Gasteiger partial charge on any atom is -0.258 e. The van der Waals surface area contributed by atoms with Crippen molar-refractivity contribution in [2.24, 2.45) is 0 Å². The number of nitrogens with zero attached hydrogens (tertiary/aromatic N) is 1. The van der Waals surface area contributed by atoms with Gasteiger partial charge in [-0.15, -0.1) is 0 Å². The maximum absolute atomic E-state index is 12.2. The second kappa shape index (κ2) is 5.66. The molecule has 1 fully saturated rings. The number of sulfonamides is 1. The fourth-order valence-corrected chi connectivity index (χ4v) is 4.77. The first kappa shape index (κ1) is 14.6. The molecule has 1 aromatic carbocycles. The zero-order chi connectivity index (χ0) is 14.0. The molecule has 9 heteroatoms. The Morgan fingerprint density at radius 3 is 2.79 bits per heavy atom. The van der Waals surface area contributed by atoms with Gasteiger partial charge in [-0.3, -0.25) is 10.1 Å². The van der Waals surface area contributed by atoms with Crippen LogP contribution in [0.5, 0.6) is 0 Å². The highest BCUT2D eigenvalue weighted by molar-refractivity contribution is 7.99. The Balaban J connectivity index is 2.33. The number of non-ortho nitro benzene ring substituents is 1. The third-order valence-electron chi connectivity index (χ3n) is 2.67. The molecule has 1 N–H and O–H groups in total. The van der Waals surface area contributed by atoms with Crippen molar-refractivity contribution in [1.82, 2.24) is 4.72 Å². The van der Waals surface area contributed by atoms with E-state index in [0.29, 0.717) is 5.75 Å². The molecule has 0 spiro atoms. The standard InChI is InChI=1S/C10H11ClN2O4S2/c11-9-2-1-8(13(14)15)5-10(9)19(16,17)12-7-3-4-18-6-7/h1-2,5,7,12H,3-4,6H2. The summed E-state index contributed by atoms with van der Waals surface area (Å²) in [6.45, 7) is 0. The van der Waals surface area contributed by atoms with Gasteiger partial charge < -0.3 is 0 Å². The summed E-state index contributed by atoms with van der Waals surface area (Å²) in [4.78, 5) is 9.78. The van der Waals surface area contributed by atoms with Gasteiger partial charge in [-0.2, -0.15) is 11.8 Å². The van der Waals surface area contributed by atoms with Crippen LogP contribution in [0.1, 0.15) is 6.42 Å². The molecule has 1 aromatic rings. The Bertz CT molecular complexity index is 600. The van der Waals surface area contributed by atoms with Crippen LogP contribution in [-0.2, 0) is 10.0 Å². The van der Waals surface area contributed by atoms with Crippen LogP contribution in [0, 0.1) is 10.1 Å². The second-order valence-electron chi connectivity index (χ2n) is 4.05. The summed E-state index contributed by atoms with van der Waals surface area (Å²) in [5.41, 5.74) is -0.300. The number of halogens is 1. The summed E-state index contributed by atoms with van der Waals surface area (Å²) in [6, 6.07) is 3.22. The average molecular weight is 323 g/mol. The van der Waals surface area contributed by atoms with Gasteiger partial charge in [0, 0.05) is 23.9 Å². The maximum atomic E-state index is 12.2. The maximum Gasteiger partial charge on any atom is 0.270 e. The molecule has 1 aliphatic heterocycles. The largest absolute Gasteiger partial charge is 0.270 e. The number of hydrogen-bond acceptors (Lipinski definition) is 5. The summed E-state index contributed by atoms with van der Waals surface area (Å²) in [6.07, 6.45) is 0.746. The molecule has 1 atom stereocenters. The van der Waals surface area contributed by atoms with Gasteiger partial charge in [0.15, 0.2) is 0 Å². The average Bonchev–Trinajstić information content (AvgIpc) is 2.81. The SMILES string of the molecule is O=[N+]([O-])c1ccc(Cl)c(S(=O)(=O)NC2CCSC2)c1. The first-order chi connectivity index (χ1) is 8.90. The molecule has 1 heterocycles. The summed E-state index contributed by atoms with van der Waals surface area (Å²) in [7, 11) is -3.83. The van der Waals surface area contributed by atoms with Crippen LogP contribution >= 0.6 is 23.4 Å². The number of rotatable bonds is 4. The summed E-state index contributed by atoms with van der Waals surface area (Å²) >= 11 is 7.49. The van der Waals surface area contributed by atoms with E-state index in [2.05, 4.69) is 4.72 Å². The molecule has 19 heavy (non-hydrogen) atoms. The number of benzene rings is 1. The fourth-order valence-electron chi connectivity index (χ4n) is 1.72. The van der Waals surface area contributed by atoms with Gasteiger partial charge in [0.1, 0.15) is 4.90 Å². The highest BCUT2D eigenvalue weighted by atomic mass is 35.5. The highest BCUT2D eigenvalue weighted by Crippen LogP contribution is 2.27. The number of nitro groups is 1. The zero-order valence-electron chi connectivity index (χ0n) is 9.71. The molecule has 1 aliphatic rings. The van der Waals surface area contributed by atoms with E-state index in [9.17, 15) is 18.5 Å². The van der Waals surface area contributed by atoms with Gasteiger partial charge >= 0.3 is 0 Å². The van der Waals surface area contributed by atoms with Crippen LogP contribution in [-0.4, -0.2) is 30.9 Å². The van der Waals surface area contributed by atoms with E-state index in [1.54, 1.807) is 11.8 Å². The highest BCUT2D eigenvalue weighted by Gasteiger charge is 2.26. The second-order valence-corrected chi connectivity index (χ2v) is 7.29. The predicted octanol–water partition coefficient (Wildman–Crippen LogP) is 2.03. The molecule has 0 saturated carbocycles. The smallest absolute Gasteiger partial charge is 0.258 e. The molecular weight excluding hydrogens is 312 g/mol. The molecule has 0 radical (unpaired) electrons.